The summed E-state index contributed by atoms with van der Waals surface area (Å²) in [5.74, 6) is 1.62. The lowest BCUT2D eigenvalue weighted by Crippen LogP contribution is -2.41. The zero-order valence-electron chi connectivity index (χ0n) is 19.4. The zero-order valence-corrected chi connectivity index (χ0v) is 20.2. The Morgan fingerprint density at radius 1 is 0.971 bits per heavy atom. The molecule has 3 heterocycles. The van der Waals surface area contributed by atoms with Gasteiger partial charge in [0.05, 0.1) is 18.9 Å². The summed E-state index contributed by atoms with van der Waals surface area (Å²) in [5.41, 5.74) is -0.200. The molecule has 8 heteroatoms. The molecule has 0 N–H and O–H groups in total. The number of sulfonamides is 1. The first-order valence-electron chi connectivity index (χ1n) is 12.2. The van der Waals surface area contributed by atoms with Crippen LogP contribution in [0.4, 0.5) is 0 Å². The van der Waals surface area contributed by atoms with E-state index in [9.17, 15) is 13.2 Å². The minimum atomic E-state index is -3.18. The van der Waals surface area contributed by atoms with Crippen molar-refractivity contribution in [3.63, 3.8) is 0 Å². The highest BCUT2D eigenvalue weighted by Crippen LogP contribution is 2.28. The summed E-state index contributed by atoms with van der Waals surface area (Å²) in [6.45, 7) is 1.92. The average Bonchev–Trinajstić information content (AvgIpc) is 3.47. The van der Waals surface area contributed by atoms with Gasteiger partial charge in [0.25, 0.3) is 0 Å². The fourth-order valence-corrected chi connectivity index (χ4v) is 7.09. The first-order valence-corrected chi connectivity index (χ1v) is 13.8. The van der Waals surface area contributed by atoms with Crippen molar-refractivity contribution in [2.45, 2.75) is 45.1 Å². The Hall–Kier alpha value is -2.58. The number of aromatic nitrogens is 1. The number of piperidine rings is 1. The zero-order chi connectivity index (χ0) is 23.5. The van der Waals surface area contributed by atoms with E-state index in [0.717, 1.165) is 49.3 Å². The first kappa shape index (κ1) is 23.2. The Morgan fingerprint density at radius 3 is 2.29 bits per heavy atom. The van der Waals surface area contributed by atoms with E-state index in [1.54, 1.807) is 4.31 Å². The standard InChI is InChI=1S/C26H32N2O5S/c29-25-13-24(16-27-14-22-7-3-4-8-23(22)15-27)32-18-26(25)33-17-20-9-11-28(12-10-20)34(30,31)19-21-5-1-2-6-21/h3-4,7-8,13-15,18,20-21H,1-2,5-6,9-12,16-17,19H2. The van der Waals surface area contributed by atoms with Crippen molar-refractivity contribution in [2.75, 3.05) is 25.4 Å². The maximum atomic E-state index is 12.7. The Bertz CT molecular complexity index is 1250. The van der Waals surface area contributed by atoms with Crippen LogP contribution in [0, 0.1) is 11.8 Å². The molecule has 0 bridgehead atoms. The quantitative estimate of drug-likeness (QED) is 0.477. The molecule has 0 atom stereocenters. The topological polar surface area (TPSA) is 81.8 Å². The molecule has 0 amide bonds. The molecule has 182 valence electrons. The van der Waals surface area contributed by atoms with Gasteiger partial charge >= 0.3 is 0 Å². The molecule has 5 rings (SSSR count). The third-order valence-corrected chi connectivity index (χ3v) is 9.20. The molecule has 0 unspecified atom stereocenters. The lowest BCUT2D eigenvalue weighted by Gasteiger charge is -2.31. The highest BCUT2D eigenvalue weighted by atomic mass is 32.2. The van der Waals surface area contributed by atoms with E-state index in [0.29, 0.717) is 43.7 Å². The number of hydrogen-bond acceptors (Lipinski definition) is 5. The van der Waals surface area contributed by atoms with Crippen LogP contribution in [-0.4, -0.2) is 42.7 Å². The van der Waals surface area contributed by atoms with Crippen molar-refractivity contribution in [1.82, 2.24) is 8.87 Å². The van der Waals surface area contributed by atoms with Crippen molar-refractivity contribution in [2.24, 2.45) is 11.8 Å². The molecular formula is C26H32N2O5S. The fourth-order valence-electron chi connectivity index (χ4n) is 5.18. The minimum absolute atomic E-state index is 0.200. The molecule has 3 aromatic rings. The van der Waals surface area contributed by atoms with Gasteiger partial charge in [-0.1, -0.05) is 37.1 Å². The van der Waals surface area contributed by atoms with E-state index in [1.807, 2.05) is 29.1 Å². The second kappa shape index (κ2) is 9.96. The Morgan fingerprint density at radius 2 is 1.65 bits per heavy atom. The number of ether oxygens (including phenoxy) is 1. The van der Waals surface area contributed by atoms with Gasteiger partial charge in [-0.25, -0.2) is 12.7 Å². The van der Waals surface area contributed by atoms with E-state index in [-0.39, 0.29) is 17.1 Å². The van der Waals surface area contributed by atoms with Gasteiger partial charge in [0.2, 0.25) is 21.2 Å². The second-order valence-electron chi connectivity index (χ2n) is 9.72. The maximum absolute atomic E-state index is 12.7. The Balaban J connectivity index is 1.12. The normalized spacial score (nSPS) is 18.6. The van der Waals surface area contributed by atoms with Crippen molar-refractivity contribution in [1.29, 1.82) is 0 Å². The van der Waals surface area contributed by atoms with Gasteiger partial charge in [-0.2, -0.15) is 0 Å². The maximum Gasteiger partial charge on any atom is 0.227 e. The molecule has 0 spiro atoms. The molecule has 1 saturated heterocycles. The Kier molecular flexibility index (Phi) is 6.79. The van der Waals surface area contributed by atoms with E-state index >= 15 is 0 Å². The lowest BCUT2D eigenvalue weighted by atomic mass is 9.99. The predicted molar refractivity (Wildman–Crippen MR) is 132 cm³/mol. The minimum Gasteiger partial charge on any atom is -0.486 e. The molecule has 7 nitrogen and oxygen atoms in total. The van der Waals surface area contributed by atoms with Crippen molar-refractivity contribution < 1.29 is 17.6 Å². The summed E-state index contributed by atoms with van der Waals surface area (Å²) in [7, 11) is -3.18. The number of fused-ring (bicyclic) bond motifs is 1. The SMILES string of the molecule is O=c1cc(Cn2cc3ccccc3c2)occ1OCC1CCN(S(=O)(=O)CC2CCCC2)CC1. The predicted octanol–water partition coefficient (Wildman–Crippen LogP) is 4.25. The number of nitrogens with zero attached hydrogens (tertiary/aromatic N) is 2. The van der Waals surface area contributed by atoms with Crippen LogP contribution in [0.3, 0.4) is 0 Å². The van der Waals surface area contributed by atoms with E-state index in [2.05, 4.69) is 12.1 Å². The van der Waals surface area contributed by atoms with Gasteiger partial charge in [-0.3, -0.25) is 4.79 Å². The molecule has 1 aromatic carbocycles. The van der Waals surface area contributed by atoms with Gasteiger partial charge in [0.1, 0.15) is 12.0 Å². The summed E-state index contributed by atoms with van der Waals surface area (Å²) in [6, 6.07) is 9.58. The summed E-state index contributed by atoms with van der Waals surface area (Å²) >= 11 is 0. The van der Waals surface area contributed by atoms with Crippen molar-refractivity contribution in [3.05, 3.63) is 65.0 Å². The first-order chi connectivity index (χ1) is 16.5. The molecule has 1 aliphatic carbocycles. The van der Waals surface area contributed by atoms with Gasteiger partial charge in [-0.15, -0.1) is 0 Å². The van der Waals surface area contributed by atoms with E-state index < -0.39 is 10.0 Å². The largest absolute Gasteiger partial charge is 0.486 e. The molecular weight excluding hydrogens is 452 g/mol. The van der Waals surface area contributed by atoms with E-state index in [1.165, 1.54) is 12.3 Å². The van der Waals surface area contributed by atoms with Crippen LogP contribution in [-0.2, 0) is 16.6 Å². The van der Waals surface area contributed by atoms with Gasteiger partial charge < -0.3 is 13.7 Å². The van der Waals surface area contributed by atoms with Crippen molar-refractivity contribution >= 4 is 20.8 Å². The molecule has 2 aliphatic rings. The second-order valence-corrected chi connectivity index (χ2v) is 11.7. The van der Waals surface area contributed by atoms with Crippen LogP contribution in [0.5, 0.6) is 5.75 Å². The monoisotopic (exact) mass is 484 g/mol. The van der Waals surface area contributed by atoms with E-state index in [4.69, 9.17) is 9.15 Å². The highest BCUT2D eigenvalue weighted by Gasteiger charge is 2.31. The highest BCUT2D eigenvalue weighted by molar-refractivity contribution is 7.89. The summed E-state index contributed by atoms with van der Waals surface area (Å²) in [4.78, 5) is 12.5. The average molecular weight is 485 g/mol. The summed E-state index contributed by atoms with van der Waals surface area (Å²) in [6.07, 6.45) is 11.3. The smallest absolute Gasteiger partial charge is 0.227 e. The van der Waals surface area contributed by atoms with Crippen LogP contribution in [0.25, 0.3) is 10.8 Å². The Labute approximate surface area is 200 Å². The van der Waals surface area contributed by atoms with Gasteiger partial charge in [0.15, 0.2) is 0 Å². The third kappa shape index (κ3) is 5.39. The van der Waals surface area contributed by atoms with Gasteiger partial charge in [-0.05, 0) is 48.3 Å². The van der Waals surface area contributed by atoms with Crippen LogP contribution in [0.15, 0.2) is 58.2 Å². The van der Waals surface area contributed by atoms with Crippen LogP contribution < -0.4 is 10.2 Å². The number of rotatable bonds is 8. The molecule has 1 aliphatic heterocycles. The van der Waals surface area contributed by atoms with Crippen LogP contribution >= 0.6 is 0 Å². The summed E-state index contributed by atoms with van der Waals surface area (Å²) < 4.78 is 40.5. The number of benzene rings is 1. The van der Waals surface area contributed by atoms with Crippen LogP contribution in [0.2, 0.25) is 0 Å². The molecule has 2 aromatic heterocycles. The molecule has 0 radical (unpaired) electrons. The molecule has 34 heavy (non-hydrogen) atoms. The fraction of sp³-hybridized carbons (Fsp3) is 0.500. The van der Waals surface area contributed by atoms with Gasteiger partial charge in [0, 0.05) is 31.5 Å². The molecule has 2 fully saturated rings. The number of hydrogen-bond donors (Lipinski definition) is 0. The molecule has 1 saturated carbocycles. The summed E-state index contributed by atoms with van der Waals surface area (Å²) in [5, 5.41) is 2.28. The van der Waals surface area contributed by atoms with Crippen LogP contribution in [0.1, 0.15) is 44.3 Å². The van der Waals surface area contributed by atoms with Crippen molar-refractivity contribution in [3.8, 4) is 5.75 Å². The third-order valence-electron chi connectivity index (χ3n) is 7.16. The lowest BCUT2D eigenvalue weighted by molar-refractivity contribution is 0.181.